The Balaban J connectivity index is 1.84. The van der Waals surface area contributed by atoms with Gasteiger partial charge in [-0.25, -0.2) is 4.98 Å². The van der Waals surface area contributed by atoms with Crippen LogP contribution in [0.25, 0.3) is 10.2 Å². The lowest BCUT2D eigenvalue weighted by molar-refractivity contribution is -0.118. The molecule has 3 aromatic rings. The Morgan fingerprint density at radius 3 is 2.79 bits per heavy atom. The van der Waals surface area contributed by atoms with E-state index in [0.29, 0.717) is 28.5 Å². The molecule has 0 aliphatic rings. The lowest BCUT2D eigenvalue weighted by Gasteiger charge is -2.12. The first-order chi connectivity index (χ1) is 13.6. The average Bonchev–Trinajstić information content (AvgIpc) is 3.18. The number of benzene rings is 1. The zero-order valence-corrected chi connectivity index (χ0v) is 17.6. The van der Waals surface area contributed by atoms with Crippen LogP contribution >= 0.6 is 23.1 Å². The van der Waals surface area contributed by atoms with Crippen LogP contribution in [0.3, 0.4) is 0 Å². The molecule has 28 heavy (non-hydrogen) atoms. The Kier molecular flexibility index (Phi) is 7.11. The number of ether oxygens (including phenoxy) is 1. The summed E-state index contributed by atoms with van der Waals surface area (Å²) in [6, 6.07) is 9.42. The number of amides is 1. The first-order valence-corrected chi connectivity index (χ1v) is 11.0. The van der Waals surface area contributed by atoms with E-state index in [-0.39, 0.29) is 17.2 Å². The Morgan fingerprint density at radius 2 is 2.07 bits per heavy atom. The molecule has 0 aliphatic heterocycles. The predicted octanol–water partition coefficient (Wildman–Crippen LogP) is 3.52. The zero-order valence-electron chi connectivity index (χ0n) is 15.9. The van der Waals surface area contributed by atoms with Crippen molar-refractivity contribution in [3.05, 3.63) is 51.6 Å². The van der Waals surface area contributed by atoms with Crippen molar-refractivity contribution in [2.24, 2.45) is 0 Å². The van der Waals surface area contributed by atoms with Gasteiger partial charge in [0.2, 0.25) is 5.91 Å². The normalized spacial score (nSPS) is 10.9. The largest absolute Gasteiger partial charge is 0.497 e. The third-order valence-electron chi connectivity index (χ3n) is 4.22. The van der Waals surface area contributed by atoms with E-state index in [1.54, 1.807) is 11.7 Å². The summed E-state index contributed by atoms with van der Waals surface area (Å²) in [4.78, 5) is 29.7. The lowest BCUT2D eigenvalue weighted by atomic mass is 10.2. The number of rotatable bonds is 9. The second-order valence-electron chi connectivity index (χ2n) is 6.26. The number of methoxy groups -OCH3 is 1. The van der Waals surface area contributed by atoms with Gasteiger partial charge in [0, 0.05) is 6.54 Å². The van der Waals surface area contributed by atoms with E-state index in [9.17, 15) is 9.59 Å². The topological polar surface area (TPSA) is 73.2 Å². The number of nitrogens with one attached hydrogen (secondary N) is 1. The molecule has 0 fully saturated rings. The summed E-state index contributed by atoms with van der Waals surface area (Å²) in [5, 5.41) is 5.31. The van der Waals surface area contributed by atoms with Crippen molar-refractivity contribution < 1.29 is 9.53 Å². The van der Waals surface area contributed by atoms with Gasteiger partial charge in [-0.05, 0) is 35.6 Å². The molecule has 0 radical (unpaired) electrons. The molecule has 0 unspecified atom stereocenters. The number of aromatic nitrogens is 2. The van der Waals surface area contributed by atoms with Crippen LogP contribution in [0.2, 0.25) is 0 Å². The monoisotopic (exact) mass is 417 g/mol. The van der Waals surface area contributed by atoms with Crippen molar-refractivity contribution in [1.29, 1.82) is 0 Å². The maximum atomic E-state index is 13.0. The molecule has 0 aliphatic carbocycles. The van der Waals surface area contributed by atoms with E-state index < -0.39 is 0 Å². The summed E-state index contributed by atoms with van der Waals surface area (Å²) < 4.78 is 7.46. The Hall–Kier alpha value is -2.32. The van der Waals surface area contributed by atoms with E-state index in [1.165, 1.54) is 23.1 Å². The van der Waals surface area contributed by atoms with Crippen molar-refractivity contribution in [2.45, 2.75) is 31.5 Å². The summed E-state index contributed by atoms with van der Waals surface area (Å²) in [5.41, 5.74) is 1.56. The van der Waals surface area contributed by atoms with E-state index in [2.05, 4.69) is 17.2 Å². The molecule has 1 N–H and O–H groups in total. The van der Waals surface area contributed by atoms with E-state index >= 15 is 0 Å². The highest BCUT2D eigenvalue weighted by Gasteiger charge is 2.14. The average molecular weight is 418 g/mol. The standard InChI is InChI=1S/C20H23N3O3S2/c1-3-4-10-21-17(24)13-28-20-22-16-9-11-27-18(16)19(25)23(20)12-14-5-7-15(26-2)8-6-14/h5-9,11H,3-4,10,12-13H2,1-2H3,(H,21,24). The van der Waals surface area contributed by atoms with Crippen molar-refractivity contribution in [3.63, 3.8) is 0 Å². The molecule has 6 nitrogen and oxygen atoms in total. The number of carbonyl (C=O) groups excluding carboxylic acids is 1. The zero-order chi connectivity index (χ0) is 19.9. The summed E-state index contributed by atoms with van der Waals surface area (Å²) in [5.74, 6) is 0.949. The van der Waals surface area contributed by atoms with Crippen molar-refractivity contribution in [2.75, 3.05) is 19.4 Å². The van der Waals surface area contributed by atoms with Crippen LogP contribution in [-0.4, -0.2) is 34.9 Å². The van der Waals surface area contributed by atoms with Gasteiger partial charge in [0.1, 0.15) is 10.4 Å². The molecular weight excluding hydrogens is 394 g/mol. The predicted molar refractivity (Wildman–Crippen MR) is 115 cm³/mol. The maximum absolute atomic E-state index is 13.0. The fourth-order valence-corrected chi connectivity index (χ4v) is 4.28. The summed E-state index contributed by atoms with van der Waals surface area (Å²) in [7, 11) is 1.62. The highest BCUT2D eigenvalue weighted by atomic mass is 32.2. The van der Waals surface area contributed by atoms with E-state index in [1.807, 2.05) is 35.7 Å². The molecule has 0 saturated heterocycles. The molecular formula is C20H23N3O3S2. The van der Waals surface area contributed by atoms with Crippen LogP contribution in [0.5, 0.6) is 5.75 Å². The van der Waals surface area contributed by atoms with Crippen LogP contribution in [0, 0.1) is 0 Å². The van der Waals surface area contributed by atoms with Crippen molar-refractivity contribution in [3.8, 4) is 5.75 Å². The number of hydrogen-bond donors (Lipinski definition) is 1. The maximum Gasteiger partial charge on any atom is 0.272 e. The van der Waals surface area contributed by atoms with Crippen molar-refractivity contribution in [1.82, 2.24) is 14.9 Å². The van der Waals surface area contributed by atoms with Gasteiger partial charge in [-0.15, -0.1) is 11.3 Å². The Labute approximate surface area is 171 Å². The molecule has 3 rings (SSSR count). The molecule has 148 valence electrons. The number of carbonyl (C=O) groups is 1. The van der Waals surface area contributed by atoms with Crippen molar-refractivity contribution >= 4 is 39.2 Å². The summed E-state index contributed by atoms with van der Waals surface area (Å²) in [6.45, 7) is 3.15. The molecule has 0 bridgehead atoms. The van der Waals surface area contributed by atoms with Gasteiger partial charge in [0.05, 0.1) is 24.9 Å². The van der Waals surface area contributed by atoms with Crippen LogP contribution < -0.4 is 15.6 Å². The number of thioether (sulfide) groups is 1. The molecule has 2 heterocycles. The quantitative estimate of drug-likeness (QED) is 0.328. The fourth-order valence-electron chi connectivity index (χ4n) is 2.67. The Bertz CT molecular complexity index is 996. The molecule has 1 amide bonds. The van der Waals surface area contributed by atoms with Gasteiger partial charge in [-0.1, -0.05) is 37.2 Å². The third kappa shape index (κ3) is 4.94. The molecule has 0 atom stereocenters. The molecule has 2 aromatic heterocycles. The van der Waals surface area contributed by atoms with Crippen LogP contribution in [0.1, 0.15) is 25.3 Å². The smallest absolute Gasteiger partial charge is 0.272 e. The van der Waals surface area contributed by atoms with Crippen LogP contribution in [-0.2, 0) is 11.3 Å². The molecule has 1 aromatic carbocycles. The van der Waals surface area contributed by atoms with Crippen LogP contribution in [0.4, 0.5) is 0 Å². The SMILES string of the molecule is CCCCNC(=O)CSc1nc2ccsc2c(=O)n1Cc1ccc(OC)cc1. The number of thiophene rings is 1. The number of hydrogen-bond acceptors (Lipinski definition) is 6. The highest BCUT2D eigenvalue weighted by molar-refractivity contribution is 7.99. The minimum absolute atomic E-state index is 0.0471. The molecule has 8 heteroatoms. The van der Waals surface area contributed by atoms with Gasteiger partial charge in [0.15, 0.2) is 5.16 Å². The van der Waals surface area contributed by atoms with E-state index in [4.69, 9.17) is 4.74 Å². The number of nitrogens with zero attached hydrogens (tertiary/aromatic N) is 2. The molecule has 0 saturated carbocycles. The second kappa shape index (κ2) is 9.75. The Morgan fingerprint density at radius 1 is 1.29 bits per heavy atom. The minimum atomic E-state index is -0.0790. The summed E-state index contributed by atoms with van der Waals surface area (Å²) in [6.07, 6.45) is 1.99. The van der Waals surface area contributed by atoms with Gasteiger partial charge >= 0.3 is 0 Å². The third-order valence-corrected chi connectivity index (χ3v) is 6.08. The fraction of sp³-hybridized carbons (Fsp3) is 0.350. The molecule has 0 spiro atoms. The number of unbranched alkanes of at least 4 members (excludes halogenated alkanes) is 1. The van der Waals surface area contributed by atoms with Crippen LogP contribution in [0.15, 0.2) is 45.7 Å². The first kappa shape index (κ1) is 20.4. The first-order valence-electron chi connectivity index (χ1n) is 9.13. The lowest BCUT2D eigenvalue weighted by Crippen LogP contribution is -2.27. The second-order valence-corrected chi connectivity index (χ2v) is 8.12. The van der Waals surface area contributed by atoms with Gasteiger partial charge < -0.3 is 10.1 Å². The number of fused-ring (bicyclic) bond motifs is 1. The van der Waals surface area contributed by atoms with E-state index in [0.717, 1.165) is 24.2 Å². The minimum Gasteiger partial charge on any atom is -0.497 e. The van der Waals surface area contributed by atoms with Gasteiger partial charge in [0.25, 0.3) is 5.56 Å². The summed E-state index contributed by atoms with van der Waals surface area (Å²) >= 11 is 2.68. The van der Waals surface area contributed by atoms with Gasteiger partial charge in [-0.2, -0.15) is 0 Å². The highest BCUT2D eigenvalue weighted by Crippen LogP contribution is 2.22. The van der Waals surface area contributed by atoms with Gasteiger partial charge in [-0.3, -0.25) is 14.2 Å².